The van der Waals surface area contributed by atoms with E-state index < -0.39 is 0 Å². The lowest BCUT2D eigenvalue weighted by atomic mass is 10.0. The van der Waals surface area contributed by atoms with Crippen molar-refractivity contribution in [3.05, 3.63) is 70.4 Å². The summed E-state index contributed by atoms with van der Waals surface area (Å²) in [5, 5.41) is 3.84. The molecule has 2 N–H and O–H groups in total. The van der Waals surface area contributed by atoms with Gasteiger partial charge in [0.2, 0.25) is 11.6 Å². The number of imidazole rings is 1. The first-order chi connectivity index (χ1) is 15.5. The number of hydrogen-bond donors (Lipinski definition) is 2. The van der Waals surface area contributed by atoms with Crippen molar-refractivity contribution in [3.8, 4) is 32.3 Å². The lowest BCUT2D eigenvalue weighted by Gasteiger charge is -2.07. The van der Waals surface area contributed by atoms with Crippen molar-refractivity contribution >= 4 is 52.0 Å². The van der Waals surface area contributed by atoms with Crippen LogP contribution in [0.5, 0.6) is 0 Å². The van der Waals surface area contributed by atoms with Gasteiger partial charge in [0.05, 0.1) is 11.4 Å². The maximum absolute atomic E-state index is 12.2. The molecule has 5 rings (SSSR count). The fourth-order valence-electron chi connectivity index (χ4n) is 3.44. The summed E-state index contributed by atoms with van der Waals surface area (Å²) in [5.41, 5.74) is 2.63. The molecular formula is C23H15Cl2N5OS. The van der Waals surface area contributed by atoms with Crippen LogP contribution >= 0.6 is 34.5 Å². The fraction of sp³-hybridized carbons (Fsp3) is 0.130. The molecule has 0 unspecified atom stereocenters. The number of benzene rings is 1. The van der Waals surface area contributed by atoms with Crippen molar-refractivity contribution in [1.82, 2.24) is 15.0 Å². The van der Waals surface area contributed by atoms with Gasteiger partial charge in [-0.25, -0.2) is 14.8 Å². The third-order valence-corrected chi connectivity index (χ3v) is 6.91. The molecule has 0 aliphatic heterocycles. The maximum atomic E-state index is 12.2. The predicted octanol–water partition coefficient (Wildman–Crippen LogP) is 7.07. The van der Waals surface area contributed by atoms with Crippen LogP contribution < -0.4 is 5.32 Å². The van der Waals surface area contributed by atoms with Crippen LogP contribution in [-0.2, 0) is 4.79 Å². The fourth-order valence-corrected chi connectivity index (χ4v) is 5.15. The number of anilines is 1. The highest BCUT2D eigenvalue weighted by Crippen LogP contribution is 2.53. The number of nitrogens with one attached hydrogen (secondary N) is 2. The summed E-state index contributed by atoms with van der Waals surface area (Å²) in [7, 11) is 0. The summed E-state index contributed by atoms with van der Waals surface area (Å²) < 4.78 is 0. The van der Waals surface area contributed by atoms with E-state index in [4.69, 9.17) is 29.8 Å². The first kappa shape index (κ1) is 20.7. The number of thiophene rings is 1. The number of amides is 1. The third kappa shape index (κ3) is 3.89. The molecule has 0 saturated heterocycles. The Kier molecular flexibility index (Phi) is 5.43. The van der Waals surface area contributed by atoms with Crippen molar-refractivity contribution in [1.29, 1.82) is 0 Å². The number of carbonyl (C=O) groups is 1. The molecule has 9 heteroatoms. The van der Waals surface area contributed by atoms with E-state index >= 15 is 0 Å². The van der Waals surface area contributed by atoms with Gasteiger partial charge in [-0.1, -0.05) is 29.3 Å². The van der Waals surface area contributed by atoms with Gasteiger partial charge in [0, 0.05) is 45.0 Å². The minimum atomic E-state index is -0.0175. The van der Waals surface area contributed by atoms with Gasteiger partial charge in [0.15, 0.2) is 0 Å². The molecule has 0 spiro atoms. The molecule has 1 amide bonds. The minimum Gasteiger partial charge on any atom is -0.344 e. The average Bonchev–Trinajstić information content (AvgIpc) is 3.36. The highest BCUT2D eigenvalue weighted by atomic mass is 35.5. The molecule has 0 bridgehead atoms. The van der Waals surface area contributed by atoms with Gasteiger partial charge < -0.3 is 10.3 Å². The maximum Gasteiger partial charge on any atom is 0.228 e. The van der Waals surface area contributed by atoms with Gasteiger partial charge >= 0.3 is 0 Å². The zero-order valence-corrected chi connectivity index (χ0v) is 18.9. The number of aromatic amines is 1. The molecule has 6 nitrogen and oxygen atoms in total. The van der Waals surface area contributed by atoms with Crippen molar-refractivity contribution < 1.29 is 4.79 Å². The number of H-pyrrole nitrogens is 1. The molecule has 3 aromatic heterocycles. The molecule has 0 radical (unpaired) electrons. The number of carbonyl (C=O) groups excluding carboxylic acids is 1. The van der Waals surface area contributed by atoms with E-state index in [0.29, 0.717) is 38.5 Å². The number of nitrogens with zero attached hydrogens (tertiary/aromatic N) is 3. The van der Waals surface area contributed by atoms with Crippen LogP contribution in [0.1, 0.15) is 12.8 Å². The van der Waals surface area contributed by atoms with Crippen LogP contribution in [0.4, 0.5) is 11.5 Å². The normalized spacial score (nSPS) is 13.0. The lowest BCUT2D eigenvalue weighted by Crippen LogP contribution is -2.14. The first-order valence-corrected chi connectivity index (χ1v) is 11.4. The van der Waals surface area contributed by atoms with Gasteiger partial charge in [-0.15, -0.1) is 11.3 Å². The SMILES string of the molecule is [C-]#[N+]c1c(-c2ccnc(NC(=O)C3CC3)c2)sc(-c2ncc[nH]2)c1-c1ccc(Cl)cc1Cl. The Morgan fingerprint density at radius 1 is 1.16 bits per heavy atom. The van der Waals surface area contributed by atoms with Crippen molar-refractivity contribution in [2.45, 2.75) is 12.8 Å². The third-order valence-electron chi connectivity index (χ3n) is 5.13. The molecule has 158 valence electrons. The second kappa shape index (κ2) is 8.40. The lowest BCUT2D eigenvalue weighted by molar-refractivity contribution is -0.117. The van der Waals surface area contributed by atoms with Crippen LogP contribution in [0.25, 0.3) is 37.1 Å². The molecule has 4 aromatic rings. The largest absolute Gasteiger partial charge is 0.344 e. The Morgan fingerprint density at radius 2 is 2.00 bits per heavy atom. The van der Waals surface area contributed by atoms with Crippen molar-refractivity contribution in [2.75, 3.05) is 5.32 Å². The van der Waals surface area contributed by atoms with E-state index in [2.05, 4.69) is 25.1 Å². The highest BCUT2D eigenvalue weighted by Gasteiger charge is 2.30. The zero-order valence-electron chi connectivity index (χ0n) is 16.5. The number of aromatic nitrogens is 3. The Hall–Kier alpha value is -3.18. The molecule has 3 heterocycles. The zero-order chi connectivity index (χ0) is 22.2. The van der Waals surface area contributed by atoms with Crippen LogP contribution in [0.15, 0.2) is 48.9 Å². The van der Waals surface area contributed by atoms with E-state index in [1.807, 2.05) is 12.1 Å². The molecule has 1 aromatic carbocycles. The van der Waals surface area contributed by atoms with Crippen LogP contribution in [0, 0.1) is 12.5 Å². The van der Waals surface area contributed by atoms with Gasteiger partial charge in [0.25, 0.3) is 0 Å². The number of rotatable bonds is 5. The Balaban J connectivity index is 1.67. The smallest absolute Gasteiger partial charge is 0.228 e. The van der Waals surface area contributed by atoms with Gasteiger partial charge in [-0.3, -0.25) is 4.79 Å². The van der Waals surface area contributed by atoms with Crippen molar-refractivity contribution in [2.24, 2.45) is 5.92 Å². The minimum absolute atomic E-state index is 0.0175. The Labute approximate surface area is 198 Å². The summed E-state index contributed by atoms with van der Waals surface area (Å²) >= 11 is 14.1. The van der Waals surface area contributed by atoms with E-state index in [1.165, 1.54) is 11.3 Å². The van der Waals surface area contributed by atoms with Gasteiger partial charge in [-0.05, 0) is 48.2 Å². The van der Waals surface area contributed by atoms with E-state index in [1.54, 1.807) is 36.8 Å². The van der Waals surface area contributed by atoms with Crippen molar-refractivity contribution in [3.63, 3.8) is 0 Å². The summed E-state index contributed by atoms with van der Waals surface area (Å²) in [6.07, 6.45) is 6.85. The summed E-state index contributed by atoms with van der Waals surface area (Å²) in [5.74, 6) is 1.17. The van der Waals surface area contributed by atoms with E-state index in [-0.39, 0.29) is 11.8 Å². The van der Waals surface area contributed by atoms with Gasteiger partial charge in [-0.2, -0.15) is 0 Å². The highest BCUT2D eigenvalue weighted by molar-refractivity contribution is 7.20. The van der Waals surface area contributed by atoms with E-state index in [0.717, 1.165) is 28.2 Å². The predicted molar refractivity (Wildman–Crippen MR) is 128 cm³/mol. The number of hydrogen-bond acceptors (Lipinski definition) is 4. The molecule has 32 heavy (non-hydrogen) atoms. The molecule has 1 aliphatic rings. The standard InChI is InChI=1S/C23H15Cl2N5OS/c1-26-19-18(15-5-4-14(24)11-16(15)25)21(22-28-8-9-29-22)32-20(19)13-6-7-27-17(10-13)30-23(31)12-2-3-12/h4-12H,2-3H2,(H,28,29)(H,27,30,31). The summed E-state index contributed by atoms with van der Waals surface area (Å²) in [4.78, 5) is 29.4. The number of halogens is 2. The second-order valence-corrected chi connectivity index (χ2v) is 9.22. The van der Waals surface area contributed by atoms with Crippen LogP contribution in [-0.4, -0.2) is 20.9 Å². The first-order valence-electron chi connectivity index (χ1n) is 9.82. The summed E-state index contributed by atoms with van der Waals surface area (Å²) in [6.45, 7) is 7.95. The molecule has 0 atom stereocenters. The molecular weight excluding hydrogens is 465 g/mol. The average molecular weight is 480 g/mol. The van der Waals surface area contributed by atoms with Crippen LogP contribution in [0.2, 0.25) is 10.0 Å². The Bertz CT molecular complexity index is 1370. The quantitative estimate of drug-likeness (QED) is 0.300. The molecule has 1 aliphatic carbocycles. The monoisotopic (exact) mass is 479 g/mol. The van der Waals surface area contributed by atoms with E-state index in [9.17, 15) is 4.79 Å². The Morgan fingerprint density at radius 3 is 2.69 bits per heavy atom. The molecule has 1 saturated carbocycles. The topological polar surface area (TPSA) is 75.0 Å². The van der Waals surface area contributed by atoms with Crippen LogP contribution in [0.3, 0.4) is 0 Å². The number of pyridine rings is 1. The molecule has 1 fully saturated rings. The second-order valence-electron chi connectivity index (χ2n) is 7.35. The summed E-state index contributed by atoms with van der Waals surface area (Å²) in [6, 6.07) is 8.84. The van der Waals surface area contributed by atoms with Gasteiger partial charge in [0.1, 0.15) is 11.6 Å².